The fourth-order valence-corrected chi connectivity index (χ4v) is 3.53. The lowest BCUT2D eigenvalue weighted by Gasteiger charge is -2.19. The van der Waals surface area contributed by atoms with Crippen LogP contribution in [0.1, 0.15) is 36.7 Å². The van der Waals surface area contributed by atoms with Crippen molar-refractivity contribution < 1.29 is 18.7 Å². The highest BCUT2D eigenvalue weighted by molar-refractivity contribution is 5.93. The Hall–Kier alpha value is -4.73. The van der Waals surface area contributed by atoms with Crippen LogP contribution < -0.4 is 10.6 Å². The monoisotopic (exact) mass is 484 g/mol. The second-order valence-electron chi connectivity index (χ2n) is 9.19. The van der Waals surface area contributed by atoms with Crippen molar-refractivity contribution in [2.45, 2.75) is 32.9 Å². The van der Waals surface area contributed by atoms with E-state index in [-0.39, 0.29) is 5.91 Å². The zero-order valence-electron chi connectivity index (χ0n) is 20.0. The van der Waals surface area contributed by atoms with Crippen molar-refractivity contribution in [3.8, 4) is 11.5 Å². The van der Waals surface area contributed by atoms with Crippen molar-refractivity contribution in [1.82, 2.24) is 24.7 Å². The van der Waals surface area contributed by atoms with Crippen LogP contribution in [0.5, 0.6) is 0 Å². The van der Waals surface area contributed by atoms with Gasteiger partial charge in [0, 0.05) is 48.6 Å². The van der Waals surface area contributed by atoms with E-state index < -0.39 is 11.7 Å². The Labute approximate surface area is 206 Å². The number of aromatic nitrogens is 4. The Balaban J connectivity index is 1.23. The summed E-state index contributed by atoms with van der Waals surface area (Å²) in [5, 5.41) is 5.59. The van der Waals surface area contributed by atoms with Crippen molar-refractivity contribution in [2.75, 3.05) is 5.32 Å². The maximum Gasteiger partial charge on any atom is 0.412 e. The average Bonchev–Trinajstić information content (AvgIpc) is 3.47. The Morgan fingerprint density at radius 1 is 1.08 bits per heavy atom. The Morgan fingerprint density at radius 3 is 2.67 bits per heavy atom. The van der Waals surface area contributed by atoms with Crippen LogP contribution >= 0.6 is 0 Å². The van der Waals surface area contributed by atoms with E-state index in [1.54, 1.807) is 62.0 Å². The van der Waals surface area contributed by atoms with Crippen LogP contribution in [0.4, 0.5) is 10.5 Å². The number of ether oxygens (including phenoxy) is 1. The van der Waals surface area contributed by atoms with E-state index in [9.17, 15) is 9.59 Å². The molecule has 0 bridgehead atoms. The van der Waals surface area contributed by atoms with Crippen LogP contribution in [-0.4, -0.2) is 37.0 Å². The SMILES string of the molecule is CC(C)(C)OC(=O)Nc1ccc2nc(-c3ccc(CNC(=O)c4cnc5nccn5c4)cc3)oc2c1. The third-order valence-corrected chi connectivity index (χ3v) is 5.20. The van der Waals surface area contributed by atoms with Gasteiger partial charge in [0.05, 0.1) is 5.56 Å². The molecular formula is C26H24N6O4. The van der Waals surface area contributed by atoms with Crippen LogP contribution in [0.2, 0.25) is 0 Å². The summed E-state index contributed by atoms with van der Waals surface area (Å²) in [6.45, 7) is 5.76. The largest absolute Gasteiger partial charge is 0.444 e. The van der Waals surface area contributed by atoms with E-state index in [0.29, 0.717) is 40.6 Å². The fourth-order valence-electron chi connectivity index (χ4n) is 3.53. The van der Waals surface area contributed by atoms with Gasteiger partial charge in [-0.2, -0.15) is 0 Å². The van der Waals surface area contributed by atoms with E-state index in [0.717, 1.165) is 11.1 Å². The molecule has 3 aromatic heterocycles. The van der Waals surface area contributed by atoms with Gasteiger partial charge in [-0.05, 0) is 50.6 Å². The summed E-state index contributed by atoms with van der Waals surface area (Å²) >= 11 is 0. The number of anilines is 1. The number of nitrogens with one attached hydrogen (secondary N) is 2. The first kappa shape index (κ1) is 23.0. The van der Waals surface area contributed by atoms with Crippen LogP contribution in [0.3, 0.4) is 0 Å². The number of oxazole rings is 1. The van der Waals surface area contributed by atoms with Gasteiger partial charge in [0.1, 0.15) is 11.1 Å². The molecule has 0 fully saturated rings. The zero-order chi connectivity index (χ0) is 25.3. The molecule has 182 valence electrons. The van der Waals surface area contributed by atoms with Crippen LogP contribution in [0.25, 0.3) is 28.3 Å². The minimum Gasteiger partial charge on any atom is -0.444 e. The molecule has 0 atom stereocenters. The minimum atomic E-state index is -0.589. The topological polar surface area (TPSA) is 124 Å². The van der Waals surface area contributed by atoms with Gasteiger partial charge in [-0.1, -0.05) is 12.1 Å². The molecule has 0 unspecified atom stereocenters. The molecule has 10 heteroatoms. The van der Waals surface area contributed by atoms with Gasteiger partial charge in [-0.25, -0.2) is 19.7 Å². The molecule has 5 rings (SSSR count). The van der Waals surface area contributed by atoms with Crippen LogP contribution in [0.15, 0.2) is 71.7 Å². The van der Waals surface area contributed by atoms with E-state index in [1.807, 2.05) is 24.3 Å². The number of carbonyl (C=O) groups is 2. The van der Waals surface area contributed by atoms with Gasteiger partial charge in [0.15, 0.2) is 5.58 Å². The summed E-state index contributed by atoms with van der Waals surface area (Å²) in [5.74, 6) is 0.767. The molecule has 0 spiro atoms. The van der Waals surface area contributed by atoms with Crippen LogP contribution in [-0.2, 0) is 11.3 Å². The molecule has 0 aliphatic carbocycles. The predicted octanol–water partition coefficient (Wildman–Crippen LogP) is 4.81. The number of nitrogens with zero attached hydrogens (tertiary/aromatic N) is 4. The highest BCUT2D eigenvalue weighted by atomic mass is 16.6. The minimum absolute atomic E-state index is 0.225. The van der Waals surface area contributed by atoms with Gasteiger partial charge >= 0.3 is 6.09 Å². The first-order valence-electron chi connectivity index (χ1n) is 11.3. The van der Waals surface area contributed by atoms with Crippen molar-refractivity contribution in [1.29, 1.82) is 0 Å². The van der Waals surface area contributed by atoms with E-state index in [4.69, 9.17) is 9.15 Å². The Kier molecular flexibility index (Phi) is 5.85. The molecule has 10 nitrogen and oxygen atoms in total. The number of carbonyl (C=O) groups excluding carboxylic acids is 2. The first-order chi connectivity index (χ1) is 17.2. The third kappa shape index (κ3) is 5.17. The van der Waals surface area contributed by atoms with E-state index in [1.165, 1.54) is 6.20 Å². The summed E-state index contributed by atoms with van der Waals surface area (Å²) in [6.07, 6.45) is 6.02. The molecule has 2 aromatic carbocycles. The Morgan fingerprint density at radius 2 is 1.89 bits per heavy atom. The maximum absolute atomic E-state index is 12.5. The molecule has 0 saturated heterocycles. The smallest absolute Gasteiger partial charge is 0.412 e. The lowest BCUT2D eigenvalue weighted by Crippen LogP contribution is -2.27. The summed E-state index contributed by atoms with van der Waals surface area (Å²) < 4.78 is 12.9. The highest BCUT2D eigenvalue weighted by Gasteiger charge is 2.17. The first-order valence-corrected chi connectivity index (χ1v) is 11.3. The molecule has 0 aliphatic heterocycles. The Bertz CT molecular complexity index is 1560. The van der Waals surface area contributed by atoms with Crippen LogP contribution in [0, 0.1) is 0 Å². The summed E-state index contributed by atoms with van der Waals surface area (Å²) in [4.78, 5) is 37.3. The summed E-state index contributed by atoms with van der Waals surface area (Å²) in [7, 11) is 0. The highest BCUT2D eigenvalue weighted by Crippen LogP contribution is 2.27. The second-order valence-corrected chi connectivity index (χ2v) is 9.19. The average molecular weight is 485 g/mol. The van der Waals surface area contributed by atoms with Crippen molar-refractivity contribution in [2.24, 2.45) is 0 Å². The quantitative estimate of drug-likeness (QED) is 0.367. The molecule has 2 amide bonds. The van der Waals surface area contributed by atoms with Crippen molar-refractivity contribution >= 4 is 34.6 Å². The lowest BCUT2D eigenvalue weighted by atomic mass is 10.1. The molecular weight excluding hydrogens is 460 g/mol. The molecule has 5 aromatic rings. The van der Waals surface area contributed by atoms with Crippen molar-refractivity contribution in [3.63, 3.8) is 0 Å². The van der Waals surface area contributed by atoms with Gasteiger partial charge < -0.3 is 14.5 Å². The van der Waals surface area contributed by atoms with E-state index in [2.05, 4.69) is 25.6 Å². The van der Waals surface area contributed by atoms with Crippen molar-refractivity contribution in [3.05, 3.63) is 78.4 Å². The number of amides is 2. The molecule has 36 heavy (non-hydrogen) atoms. The number of hydrogen-bond acceptors (Lipinski definition) is 7. The van der Waals surface area contributed by atoms with Gasteiger partial charge in [-0.15, -0.1) is 0 Å². The molecule has 0 saturated carbocycles. The zero-order valence-corrected chi connectivity index (χ0v) is 20.0. The predicted molar refractivity (Wildman–Crippen MR) is 133 cm³/mol. The summed E-state index contributed by atoms with van der Waals surface area (Å²) in [5.41, 5.74) is 3.32. The summed E-state index contributed by atoms with van der Waals surface area (Å²) in [6, 6.07) is 12.8. The number of benzene rings is 2. The molecule has 0 aliphatic rings. The van der Waals surface area contributed by atoms with E-state index >= 15 is 0 Å². The van der Waals surface area contributed by atoms with Gasteiger partial charge in [0.2, 0.25) is 11.7 Å². The molecule has 3 heterocycles. The maximum atomic E-state index is 12.5. The third-order valence-electron chi connectivity index (χ3n) is 5.20. The number of hydrogen-bond donors (Lipinski definition) is 2. The number of imidazole rings is 1. The lowest BCUT2D eigenvalue weighted by molar-refractivity contribution is 0.0635. The molecule has 2 N–H and O–H groups in total. The van der Waals surface area contributed by atoms with Gasteiger partial charge in [0.25, 0.3) is 5.91 Å². The molecule has 0 radical (unpaired) electrons. The number of rotatable bonds is 5. The fraction of sp³-hybridized carbons (Fsp3) is 0.192. The normalized spacial score (nSPS) is 11.5. The number of fused-ring (bicyclic) bond motifs is 2. The van der Waals surface area contributed by atoms with Gasteiger partial charge in [-0.3, -0.25) is 14.5 Å². The second kappa shape index (κ2) is 9.14. The standard InChI is InChI=1S/C26H24N6O4/c1-26(2,3)36-25(34)30-19-8-9-20-21(12-19)35-23(31-20)17-6-4-16(5-7-17)13-28-22(33)18-14-29-24-27-10-11-32(24)15-18/h4-12,14-15H,13H2,1-3H3,(H,28,33)(H,30,34).